The van der Waals surface area contributed by atoms with Crippen molar-refractivity contribution in [2.45, 2.75) is 19.1 Å². The van der Waals surface area contributed by atoms with E-state index in [2.05, 4.69) is 34.6 Å². The van der Waals surface area contributed by atoms with Gasteiger partial charge in [0.1, 0.15) is 19.0 Å². The molecule has 0 aliphatic carbocycles. The topological polar surface area (TPSA) is 42.9 Å². The lowest BCUT2D eigenvalue weighted by atomic mass is 10.1. The minimum absolute atomic E-state index is 0.132. The molecule has 3 aromatic rings. The summed E-state index contributed by atoms with van der Waals surface area (Å²) in [6, 6.07) is 29.1. The lowest BCUT2D eigenvalue weighted by Crippen LogP contribution is -2.11. The lowest BCUT2D eigenvalue weighted by molar-refractivity contribution is 0.306. The summed E-state index contributed by atoms with van der Waals surface area (Å²) in [7, 11) is 0. The van der Waals surface area contributed by atoms with Gasteiger partial charge in [-0.15, -0.1) is 0 Å². The summed E-state index contributed by atoms with van der Waals surface area (Å²) in [5.41, 5.74) is 3.37. The number of para-hydroxylation sites is 1. The Balaban J connectivity index is 1.29. The number of ether oxygens (including phenoxy) is 2. The number of amidine groups is 1. The number of hydrogen-bond acceptors (Lipinski definition) is 4. The molecule has 0 bridgehead atoms. The van der Waals surface area contributed by atoms with E-state index in [1.54, 1.807) is 0 Å². The van der Waals surface area contributed by atoms with Crippen molar-refractivity contribution in [3.05, 3.63) is 96.1 Å². The van der Waals surface area contributed by atoms with Crippen LogP contribution in [0.25, 0.3) is 0 Å². The zero-order chi connectivity index (χ0) is 18.3. The zero-order valence-corrected chi connectivity index (χ0v) is 15.0. The maximum absolute atomic E-state index is 5.84. The van der Waals surface area contributed by atoms with Gasteiger partial charge < -0.3 is 14.8 Å². The van der Waals surface area contributed by atoms with E-state index in [1.165, 1.54) is 5.56 Å². The molecule has 1 aliphatic rings. The van der Waals surface area contributed by atoms with Crippen LogP contribution in [0.1, 0.15) is 11.1 Å². The van der Waals surface area contributed by atoms with Crippen LogP contribution < -0.4 is 10.1 Å². The third kappa shape index (κ3) is 4.88. The first-order valence-electron chi connectivity index (χ1n) is 9.13. The summed E-state index contributed by atoms with van der Waals surface area (Å²) in [4.78, 5) is 4.63. The van der Waals surface area contributed by atoms with E-state index >= 15 is 0 Å². The average molecular weight is 358 g/mol. The molecule has 4 heteroatoms. The summed E-state index contributed by atoms with van der Waals surface area (Å²) in [5.74, 6) is 0.875. The molecule has 1 N–H and O–H groups in total. The highest BCUT2D eigenvalue weighted by atomic mass is 16.5. The third-order valence-electron chi connectivity index (χ3n) is 4.38. The normalized spacial score (nSPS) is 15.7. The van der Waals surface area contributed by atoms with Gasteiger partial charge in [-0.05, 0) is 41.8 Å². The molecule has 27 heavy (non-hydrogen) atoms. The van der Waals surface area contributed by atoms with Crippen molar-refractivity contribution in [2.24, 2.45) is 4.99 Å². The van der Waals surface area contributed by atoms with Gasteiger partial charge in [0.2, 0.25) is 0 Å². The Morgan fingerprint density at radius 3 is 2.30 bits per heavy atom. The Morgan fingerprint density at radius 2 is 1.56 bits per heavy atom. The maximum Gasteiger partial charge on any atom is 0.289 e. The minimum Gasteiger partial charge on any atom is -0.489 e. The van der Waals surface area contributed by atoms with Crippen molar-refractivity contribution < 1.29 is 9.47 Å². The minimum atomic E-state index is 0.132. The van der Waals surface area contributed by atoms with Gasteiger partial charge in [0.25, 0.3) is 6.02 Å². The highest BCUT2D eigenvalue weighted by Gasteiger charge is 2.19. The van der Waals surface area contributed by atoms with Crippen LogP contribution in [0.4, 0.5) is 5.69 Å². The zero-order valence-electron chi connectivity index (χ0n) is 15.0. The van der Waals surface area contributed by atoms with Crippen molar-refractivity contribution in [2.75, 3.05) is 11.9 Å². The van der Waals surface area contributed by atoms with Gasteiger partial charge in [0.15, 0.2) is 0 Å². The van der Waals surface area contributed by atoms with Crippen LogP contribution >= 0.6 is 0 Å². The van der Waals surface area contributed by atoms with Crippen molar-refractivity contribution in [1.82, 2.24) is 0 Å². The molecule has 1 heterocycles. The van der Waals surface area contributed by atoms with Crippen molar-refractivity contribution in [3.8, 4) is 5.75 Å². The van der Waals surface area contributed by atoms with Crippen LogP contribution in [0.5, 0.6) is 5.75 Å². The molecule has 0 spiro atoms. The van der Waals surface area contributed by atoms with Gasteiger partial charge >= 0.3 is 0 Å². The Morgan fingerprint density at radius 1 is 0.852 bits per heavy atom. The smallest absolute Gasteiger partial charge is 0.289 e. The average Bonchev–Trinajstić information content (AvgIpc) is 3.16. The first-order chi connectivity index (χ1) is 13.3. The quantitative estimate of drug-likeness (QED) is 0.696. The number of benzene rings is 3. The van der Waals surface area contributed by atoms with Gasteiger partial charge in [-0.25, -0.2) is 4.99 Å². The predicted octanol–water partition coefficient (Wildman–Crippen LogP) is 4.68. The van der Waals surface area contributed by atoms with Crippen LogP contribution in [0.3, 0.4) is 0 Å². The van der Waals surface area contributed by atoms with E-state index in [4.69, 9.17) is 9.47 Å². The molecular formula is C23H22N2O2. The fourth-order valence-corrected chi connectivity index (χ4v) is 2.97. The lowest BCUT2D eigenvalue weighted by Gasteiger charge is -2.08. The molecule has 0 saturated heterocycles. The number of anilines is 1. The molecular weight excluding hydrogens is 336 g/mol. The van der Waals surface area contributed by atoms with Crippen molar-refractivity contribution in [3.63, 3.8) is 0 Å². The molecule has 0 unspecified atom stereocenters. The third-order valence-corrected chi connectivity index (χ3v) is 4.38. The molecule has 0 aromatic heterocycles. The Bertz CT molecular complexity index is 877. The summed E-state index contributed by atoms with van der Waals surface area (Å²) in [6.45, 7) is 1.18. The van der Waals surface area contributed by atoms with Gasteiger partial charge in [-0.1, -0.05) is 60.7 Å². The van der Waals surface area contributed by atoms with E-state index in [9.17, 15) is 0 Å². The molecule has 0 amide bonds. The van der Waals surface area contributed by atoms with Crippen LogP contribution in [-0.4, -0.2) is 18.7 Å². The summed E-state index contributed by atoms with van der Waals surface area (Å²) >= 11 is 0. The first-order valence-corrected chi connectivity index (χ1v) is 9.13. The van der Waals surface area contributed by atoms with Gasteiger partial charge in [-0.2, -0.15) is 0 Å². The van der Waals surface area contributed by atoms with Gasteiger partial charge in [0.05, 0.1) is 6.04 Å². The van der Waals surface area contributed by atoms with Crippen LogP contribution in [0.15, 0.2) is 89.9 Å². The Kier molecular flexibility index (Phi) is 5.34. The fraction of sp³-hybridized carbons (Fsp3) is 0.174. The second-order valence-electron chi connectivity index (χ2n) is 6.51. The van der Waals surface area contributed by atoms with Crippen LogP contribution in [0, 0.1) is 0 Å². The van der Waals surface area contributed by atoms with E-state index < -0.39 is 0 Å². The second kappa shape index (κ2) is 8.41. The number of nitrogens with zero attached hydrogens (tertiary/aromatic N) is 1. The van der Waals surface area contributed by atoms with Crippen molar-refractivity contribution >= 4 is 11.7 Å². The van der Waals surface area contributed by atoms with E-state index in [1.807, 2.05) is 60.7 Å². The number of nitrogens with one attached hydrogen (secondary N) is 1. The Labute approximate surface area is 159 Å². The second-order valence-corrected chi connectivity index (χ2v) is 6.51. The largest absolute Gasteiger partial charge is 0.489 e. The summed E-state index contributed by atoms with van der Waals surface area (Å²) in [5, 5.41) is 3.21. The number of hydrogen-bond donors (Lipinski definition) is 1. The molecule has 0 radical (unpaired) electrons. The van der Waals surface area contributed by atoms with E-state index in [0.717, 1.165) is 23.4 Å². The van der Waals surface area contributed by atoms with Gasteiger partial charge in [-0.3, -0.25) is 0 Å². The van der Waals surface area contributed by atoms with Crippen LogP contribution in [0.2, 0.25) is 0 Å². The standard InChI is InChI=1S/C23H22N2O2/c1-3-7-19(8-4-1)16-26-22-13-11-18(12-14-22)15-21-17-27-23(25-21)24-20-9-5-2-6-10-20/h1-14,21H,15-17H2,(H,24,25)/t21-/m0/s1. The predicted molar refractivity (Wildman–Crippen MR) is 108 cm³/mol. The molecule has 4 rings (SSSR count). The highest BCUT2D eigenvalue weighted by Crippen LogP contribution is 2.18. The Hall–Kier alpha value is -3.27. The molecule has 1 atom stereocenters. The van der Waals surface area contributed by atoms with Gasteiger partial charge in [0, 0.05) is 5.69 Å². The number of rotatable bonds is 6. The van der Waals surface area contributed by atoms with E-state index in [0.29, 0.717) is 19.2 Å². The molecule has 1 aliphatic heterocycles. The molecule has 4 nitrogen and oxygen atoms in total. The van der Waals surface area contributed by atoms with E-state index in [-0.39, 0.29) is 6.04 Å². The molecule has 3 aromatic carbocycles. The molecule has 0 saturated carbocycles. The van der Waals surface area contributed by atoms with Crippen molar-refractivity contribution in [1.29, 1.82) is 0 Å². The van der Waals surface area contributed by atoms with Crippen LogP contribution in [-0.2, 0) is 17.8 Å². The maximum atomic E-state index is 5.84. The SMILES string of the molecule is c1ccc(COc2ccc(C[C@H]3COC(Nc4ccccc4)=N3)cc2)cc1. The molecule has 0 fully saturated rings. The monoisotopic (exact) mass is 358 g/mol. The molecule has 136 valence electrons. The highest BCUT2D eigenvalue weighted by molar-refractivity contribution is 5.90. The summed E-state index contributed by atoms with van der Waals surface area (Å²) in [6.07, 6.45) is 0.846. The number of aliphatic imine (C=N–C) groups is 1. The first kappa shape index (κ1) is 17.2. The summed E-state index contributed by atoms with van der Waals surface area (Å²) < 4.78 is 11.5. The fourth-order valence-electron chi connectivity index (χ4n) is 2.97.